The third-order valence-corrected chi connectivity index (χ3v) is 5.14. The predicted molar refractivity (Wildman–Crippen MR) is 110 cm³/mol. The fraction of sp³-hybridized carbons (Fsp3) is 0.300. The molecule has 0 saturated carbocycles. The number of hydrogen-bond donors (Lipinski definition) is 2. The molecule has 0 unspecified atom stereocenters. The van der Waals surface area contributed by atoms with Crippen LogP contribution in [0.3, 0.4) is 0 Å². The van der Waals surface area contributed by atoms with Gasteiger partial charge in [-0.15, -0.1) is 0 Å². The fourth-order valence-corrected chi connectivity index (χ4v) is 3.62. The number of methoxy groups -OCH3 is 1. The first-order chi connectivity index (χ1) is 13.3. The van der Waals surface area contributed by atoms with E-state index in [-0.39, 0.29) is 0 Å². The second kappa shape index (κ2) is 7.84. The summed E-state index contributed by atoms with van der Waals surface area (Å²) in [6, 6.07) is 16.5. The van der Waals surface area contributed by atoms with Gasteiger partial charge in [0, 0.05) is 18.8 Å². The Morgan fingerprint density at radius 3 is 2.59 bits per heavy atom. The van der Waals surface area contributed by atoms with Gasteiger partial charge in [0.2, 0.25) is 4.77 Å². The van der Waals surface area contributed by atoms with Crippen LogP contribution in [0.25, 0.3) is 11.4 Å². The van der Waals surface area contributed by atoms with Gasteiger partial charge in [-0.25, -0.2) is 9.77 Å². The van der Waals surface area contributed by atoms with Crippen molar-refractivity contribution in [2.45, 2.75) is 19.4 Å². The topological polar surface area (TPSA) is 58.1 Å². The lowest BCUT2D eigenvalue weighted by molar-refractivity contribution is 0.416. The van der Waals surface area contributed by atoms with E-state index in [0.717, 1.165) is 24.4 Å². The van der Waals surface area contributed by atoms with Gasteiger partial charge in [0.25, 0.3) is 0 Å². The molecule has 1 saturated heterocycles. The van der Waals surface area contributed by atoms with E-state index >= 15 is 0 Å². The van der Waals surface area contributed by atoms with Gasteiger partial charge in [-0.05, 0) is 54.9 Å². The molecular weight excluding hydrogens is 358 g/mol. The molecule has 2 heterocycles. The third kappa shape index (κ3) is 3.68. The molecule has 0 spiro atoms. The number of aromatic nitrogens is 3. The highest BCUT2D eigenvalue weighted by atomic mass is 32.1. The van der Waals surface area contributed by atoms with Crippen LogP contribution in [0.15, 0.2) is 48.5 Å². The highest BCUT2D eigenvalue weighted by molar-refractivity contribution is 7.71. The summed E-state index contributed by atoms with van der Waals surface area (Å²) in [4.78, 5) is 2.43. The van der Waals surface area contributed by atoms with Crippen molar-refractivity contribution in [2.75, 3.05) is 30.5 Å². The molecule has 6 nitrogen and oxygen atoms in total. The zero-order valence-corrected chi connectivity index (χ0v) is 16.1. The Morgan fingerprint density at radius 2 is 1.85 bits per heavy atom. The molecule has 2 aromatic carbocycles. The first-order valence-electron chi connectivity index (χ1n) is 9.15. The van der Waals surface area contributed by atoms with Gasteiger partial charge in [-0.1, -0.05) is 24.3 Å². The highest BCUT2D eigenvalue weighted by Crippen LogP contribution is 2.27. The largest absolute Gasteiger partial charge is 0.496 e. The van der Waals surface area contributed by atoms with Gasteiger partial charge < -0.3 is 15.1 Å². The molecule has 140 valence electrons. The quantitative estimate of drug-likeness (QED) is 0.633. The maximum atomic E-state index is 5.46. The van der Waals surface area contributed by atoms with Crippen molar-refractivity contribution < 1.29 is 4.74 Å². The van der Waals surface area contributed by atoms with E-state index in [2.05, 4.69) is 44.8 Å². The van der Waals surface area contributed by atoms with Crippen LogP contribution in [-0.4, -0.2) is 35.1 Å². The fourth-order valence-electron chi connectivity index (χ4n) is 3.42. The Labute approximate surface area is 163 Å². The van der Waals surface area contributed by atoms with E-state index in [4.69, 9.17) is 17.0 Å². The number of nitrogens with one attached hydrogen (secondary N) is 2. The minimum Gasteiger partial charge on any atom is -0.496 e. The Balaban J connectivity index is 1.52. The number of nitrogens with zero attached hydrogens (tertiary/aromatic N) is 3. The molecule has 0 bridgehead atoms. The zero-order valence-electron chi connectivity index (χ0n) is 15.3. The van der Waals surface area contributed by atoms with E-state index in [1.165, 1.54) is 24.1 Å². The zero-order chi connectivity index (χ0) is 18.6. The number of rotatable bonds is 6. The van der Waals surface area contributed by atoms with Crippen LogP contribution in [0.2, 0.25) is 0 Å². The molecule has 1 aliphatic heterocycles. The van der Waals surface area contributed by atoms with Crippen molar-refractivity contribution in [1.82, 2.24) is 14.9 Å². The molecule has 3 aromatic rings. The van der Waals surface area contributed by atoms with Crippen LogP contribution in [-0.2, 0) is 6.54 Å². The molecule has 0 aliphatic carbocycles. The minimum absolute atomic E-state index is 0.518. The van der Waals surface area contributed by atoms with Crippen molar-refractivity contribution in [3.05, 3.63) is 58.9 Å². The molecule has 0 radical (unpaired) electrons. The van der Waals surface area contributed by atoms with E-state index in [0.29, 0.717) is 17.1 Å². The molecule has 7 heteroatoms. The highest BCUT2D eigenvalue weighted by Gasteiger charge is 2.14. The van der Waals surface area contributed by atoms with E-state index in [9.17, 15) is 0 Å². The SMILES string of the molecule is COc1ccccc1-c1n[nH]c(=S)n1NCc1ccc(N2CCCC2)cc1. The van der Waals surface area contributed by atoms with Crippen LogP contribution in [0.4, 0.5) is 5.69 Å². The van der Waals surface area contributed by atoms with Crippen LogP contribution in [0, 0.1) is 4.77 Å². The Bertz CT molecular complexity index is 957. The molecular formula is C20H23N5OS. The minimum atomic E-state index is 0.518. The number of benzene rings is 2. The molecule has 0 amide bonds. The van der Waals surface area contributed by atoms with Crippen molar-refractivity contribution in [3.8, 4) is 17.1 Å². The van der Waals surface area contributed by atoms with Gasteiger partial charge in [0.15, 0.2) is 5.82 Å². The van der Waals surface area contributed by atoms with E-state index in [1.807, 2.05) is 24.3 Å². The van der Waals surface area contributed by atoms with E-state index < -0.39 is 0 Å². The standard InChI is InChI=1S/C20H23N5OS/c1-26-18-7-3-2-6-17(18)19-22-23-20(27)25(19)21-14-15-8-10-16(11-9-15)24-12-4-5-13-24/h2-3,6-11,21H,4-5,12-14H2,1H3,(H,23,27). The van der Waals surface area contributed by atoms with Gasteiger partial charge >= 0.3 is 0 Å². The smallest absolute Gasteiger partial charge is 0.214 e. The molecule has 27 heavy (non-hydrogen) atoms. The molecule has 1 fully saturated rings. The first-order valence-corrected chi connectivity index (χ1v) is 9.55. The first kappa shape index (κ1) is 17.6. The summed E-state index contributed by atoms with van der Waals surface area (Å²) in [5.41, 5.74) is 6.73. The maximum Gasteiger partial charge on any atom is 0.214 e. The summed E-state index contributed by atoms with van der Waals surface area (Å²) in [5, 5.41) is 7.23. The van der Waals surface area contributed by atoms with Crippen LogP contribution in [0.1, 0.15) is 18.4 Å². The molecule has 0 atom stereocenters. The summed E-state index contributed by atoms with van der Waals surface area (Å²) < 4.78 is 7.77. The predicted octanol–water partition coefficient (Wildman–Crippen LogP) is 3.96. The van der Waals surface area contributed by atoms with E-state index in [1.54, 1.807) is 11.8 Å². The molecule has 4 rings (SSSR count). The number of anilines is 1. The van der Waals surface area contributed by atoms with Crippen LogP contribution < -0.4 is 15.1 Å². The van der Waals surface area contributed by atoms with Crippen LogP contribution in [0.5, 0.6) is 5.75 Å². The third-order valence-electron chi connectivity index (χ3n) is 4.87. The number of para-hydroxylation sites is 1. The van der Waals surface area contributed by atoms with Gasteiger partial charge in [0.1, 0.15) is 5.75 Å². The monoisotopic (exact) mass is 381 g/mol. The van der Waals surface area contributed by atoms with Crippen molar-refractivity contribution in [2.24, 2.45) is 0 Å². The lowest BCUT2D eigenvalue weighted by atomic mass is 10.2. The van der Waals surface area contributed by atoms with Gasteiger partial charge in [-0.3, -0.25) is 0 Å². The molecule has 1 aliphatic rings. The number of ether oxygens (including phenoxy) is 1. The second-order valence-electron chi connectivity index (χ2n) is 6.58. The summed E-state index contributed by atoms with van der Waals surface area (Å²) in [7, 11) is 1.65. The molecule has 1 aromatic heterocycles. The summed E-state index contributed by atoms with van der Waals surface area (Å²) in [6.45, 7) is 2.96. The average molecular weight is 382 g/mol. The van der Waals surface area contributed by atoms with Gasteiger partial charge in [-0.2, -0.15) is 5.10 Å². The summed E-state index contributed by atoms with van der Waals surface area (Å²) >= 11 is 5.40. The normalized spacial score (nSPS) is 13.7. The average Bonchev–Trinajstić information content (AvgIpc) is 3.37. The van der Waals surface area contributed by atoms with Crippen molar-refractivity contribution in [1.29, 1.82) is 0 Å². The lowest BCUT2D eigenvalue weighted by Crippen LogP contribution is -2.18. The Hall–Kier alpha value is -2.80. The number of H-pyrrole nitrogens is 1. The van der Waals surface area contributed by atoms with Crippen LogP contribution >= 0.6 is 12.2 Å². The van der Waals surface area contributed by atoms with Gasteiger partial charge in [0.05, 0.1) is 19.2 Å². The Morgan fingerprint density at radius 1 is 1.11 bits per heavy atom. The molecule has 2 N–H and O–H groups in total. The second-order valence-corrected chi connectivity index (χ2v) is 6.97. The van der Waals surface area contributed by atoms with Crippen molar-refractivity contribution >= 4 is 17.9 Å². The number of aromatic amines is 1. The lowest BCUT2D eigenvalue weighted by Gasteiger charge is -2.18. The van der Waals surface area contributed by atoms with Crippen molar-refractivity contribution in [3.63, 3.8) is 0 Å². The number of hydrogen-bond acceptors (Lipinski definition) is 5. The Kier molecular flexibility index (Phi) is 5.11. The maximum absolute atomic E-state index is 5.46. The summed E-state index contributed by atoms with van der Waals surface area (Å²) in [5.74, 6) is 1.45. The summed E-state index contributed by atoms with van der Waals surface area (Å²) in [6.07, 6.45) is 2.57.